The number of sulfonamides is 1. The lowest BCUT2D eigenvalue weighted by atomic mass is 10.2. The summed E-state index contributed by atoms with van der Waals surface area (Å²) in [4.78, 5) is 26.4. The van der Waals surface area contributed by atoms with Crippen molar-refractivity contribution in [1.82, 2.24) is 9.21 Å². The summed E-state index contributed by atoms with van der Waals surface area (Å²) in [5.41, 5.74) is 0.412. The zero-order valence-electron chi connectivity index (χ0n) is 19.3. The third-order valence-electron chi connectivity index (χ3n) is 5.59. The molecule has 35 heavy (non-hydrogen) atoms. The van der Waals surface area contributed by atoms with Crippen LogP contribution >= 0.6 is 22.9 Å². The molecule has 0 spiro atoms. The Balaban J connectivity index is 1.93. The van der Waals surface area contributed by atoms with Crippen molar-refractivity contribution in [2.45, 2.75) is 44.3 Å². The second-order valence-electron chi connectivity index (χ2n) is 7.99. The van der Waals surface area contributed by atoms with Gasteiger partial charge in [-0.25, -0.2) is 8.42 Å². The smallest absolute Gasteiger partial charge is 0.289 e. The first-order chi connectivity index (χ1) is 16.6. The highest BCUT2D eigenvalue weighted by molar-refractivity contribution is 7.89. The summed E-state index contributed by atoms with van der Waals surface area (Å²) in [6.07, 6.45) is 0.450. The number of thiophene rings is 1. The second kappa shape index (κ2) is 11.8. The number of carbonyl (C=O) groups is 1. The molecule has 1 aromatic heterocycles. The van der Waals surface area contributed by atoms with Crippen LogP contribution in [0.2, 0.25) is 5.02 Å². The van der Waals surface area contributed by atoms with Crippen molar-refractivity contribution in [2.24, 2.45) is 0 Å². The summed E-state index contributed by atoms with van der Waals surface area (Å²) in [7, 11) is -4.22. The fraction of sp³-hybridized carbons (Fsp3) is 0.292. The van der Waals surface area contributed by atoms with E-state index in [1.807, 2.05) is 54.8 Å². The monoisotopic (exact) mass is 535 g/mol. The largest absolute Gasteiger partial charge is 0.332 e. The number of hydrogen-bond donors (Lipinski definition) is 0. The number of nitro groups is 1. The molecule has 2 aromatic carbocycles. The maximum atomic E-state index is 13.5. The minimum Gasteiger partial charge on any atom is -0.332 e. The quantitative estimate of drug-likeness (QED) is 0.244. The molecule has 1 unspecified atom stereocenters. The molecular formula is C24H26ClN3O5S2. The molecule has 0 saturated carbocycles. The number of carbonyl (C=O) groups excluding carboxylic acids is 1. The fourth-order valence-electron chi connectivity index (χ4n) is 3.47. The molecule has 1 heterocycles. The maximum Gasteiger partial charge on any atom is 0.289 e. The van der Waals surface area contributed by atoms with Gasteiger partial charge in [0.05, 0.1) is 22.9 Å². The molecular weight excluding hydrogens is 510 g/mol. The normalized spacial score (nSPS) is 12.5. The average molecular weight is 536 g/mol. The number of nitrogens with zero attached hydrogens (tertiary/aromatic N) is 3. The fourth-order valence-corrected chi connectivity index (χ4v) is 6.05. The van der Waals surface area contributed by atoms with Gasteiger partial charge in [-0.1, -0.05) is 54.9 Å². The predicted octanol–water partition coefficient (Wildman–Crippen LogP) is 5.33. The van der Waals surface area contributed by atoms with Crippen molar-refractivity contribution >= 4 is 44.6 Å². The SMILES string of the molecule is CCC(C)N(CC(=O)N(Cc1ccccc1)Cc1cccs1)S(=O)(=O)c1ccc(Cl)c([N+](=O)[O-])c1. The molecule has 0 aliphatic carbocycles. The standard InChI is InChI=1S/C24H26ClN3O5S2/c1-3-18(2)27(35(32,33)21-11-12-22(25)23(14-21)28(30)31)17-24(29)26(16-20-10-7-13-34-20)15-19-8-5-4-6-9-19/h4-14,18H,3,15-17H2,1-2H3. The topological polar surface area (TPSA) is 101 Å². The molecule has 0 saturated heterocycles. The lowest BCUT2D eigenvalue weighted by molar-refractivity contribution is -0.384. The molecule has 11 heteroatoms. The van der Waals surface area contributed by atoms with E-state index in [9.17, 15) is 23.3 Å². The van der Waals surface area contributed by atoms with Gasteiger partial charge in [-0.15, -0.1) is 11.3 Å². The predicted molar refractivity (Wildman–Crippen MR) is 137 cm³/mol. The van der Waals surface area contributed by atoms with Crippen LogP contribution in [-0.4, -0.2) is 41.0 Å². The van der Waals surface area contributed by atoms with Crippen LogP contribution in [0.3, 0.4) is 0 Å². The van der Waals surface area contributed by atoms with E-state index in [1.165, 1.54) is 23.5 Å². The second-order valence-corrected chi connectivity index (χ2v) is 11.3. The van der Waals surface area contributed by atoms with Crippen LogP contribution in [0.5, 0.6) is 0 Å². The highest BCUT2D eigenvalue weighted by Crippen LogP contribution is 2.29. The number of amides is 1. The molecule has 3 aromatic rings. The summed E-state index contributed by atoms with van der Waals surface area (Å²) in [6, 6.07) is 16.1. The van der Waals surface area contributed by atoms with Crippen LogP contribution < -0.4 is 0 Å². The number of rotatable bonds is 11. The van der Waals surface area contributed by atoms with E-state index >= 15 is 0 Å². The first kappa shape index (κ1) is 26.8. The van der Waals surface area contributed by atoms with Crippen LogP contribution in [0.1, 0.15) is 30.7 Å². The van der Waals surface area contributed by atoms with Crippen LogP contribution in [0.15, 0.2) is 70.9 Å². The molecule has 0 bridgehead atoms. The van der Waals surface area contributed by atoms with Gasteiger partial charge >= 0.3 is 0 Å². The third kappa shape index (κ3) is 6.66. The Kier molecular flexibility index (Phi) is 9.01. The Bertz CT molecular complexity index is 1270. The lowest BCUT2D eigenvalue weighted by Gasteiger charge is -2.30. The Morgan fingerprint density at radius 1 is 1.11 bits per heavy atom. The molecule has 0 fully saturated rings. The van der Waals surface area contributed by atoms with Gasteiger partial charge in [0.2, 0.25) is 15.9 Å². The molecule has 0 aliphatic rings. The van der Waals surface area contributed by atoms with Crippen LogP contribution in [-0.2, 0) is 27.9 Å². The minimum absolute atomic E-state index is 0.162. The highest BCUT2D eigenvalue weighted by atomic mass is 35.5. The van der Waals surface area contributed by atoms with Crippen LogP contribution in [0, 0.1) is 10.1 Å². The van der Waals surface area contributed by atoms with Gasteiger partial charge in [-0.3, -0.25) is 14.9 Å². The summed E-state index contributed by atoms with van der Waals surface area (Å²) >= 11 is 7.39. The van der Waals surface area contributed by atoms with E-state index in [1.54, 1.807) is 11.8 Å². The van der Waals surface area contributed by atoms with E-state index in [0.717, 1.165) is 20.8 Å². The third-order valence-corrected chi connectivity index (χ3v) is 8.73. The van der Waals surface area contributed by atoms with E-state index in [-0.39, 0.29) is 15.8 Å². The van der Waals surface area contributed by atoms with E-state index in [0.29, 0.717) is 19.5 Å². The van der Waals surface area contributed by atoms with Gasteiger partial charge in [0.25, 0.3) is 5.69 Å². The molecule has 1 amide bonds. The molecule has 186 valence electrons. The summed E-state index contributed by atoms with van der Waals surface area (Å²) in [6.45, 7) is 3.78. The highest BCUT2D eigenvalue weighted by Gasteiger charge is 2.33. The van der Waals surface area contributed by atoms with Crippen LogP contribution in [0.4, 0.5) is 5.69 Å². The number of hydrogen-bond acceptors (Lipinski definition) is 6. The molecule has 8 nitrogen and oxygen atoms in total. The van der Waals surface area contributed by atoms with Crippen molar-refractivity contribution in [2.75, 3.05) is 6.54 Å². The Morgan fingerprint density at radius 3 is 2.43 bits per heavy atom. The van der Waals surface area contributed by atoms with Crippen molar-refractivity contribution < 1.29 is 18.1 Å². The van der Waals surface area contributed by atoms with Gasteiger partial charge < -0.3 is 4.90 Å². The molecule has 3 rings (SSSR count). The molecule has 0 radical (unpaired) electrons. The first-order valence-electron chi connectivity index (χ1n) is 10.9. The van der Waals surface area contributed by atoms with Crippen LogP contribution in [0.25, 0.3) is 0 Å². The lowest BCUT2D eigenvalue weighted by Crippen LogP contribution is -2.46. The molecule has 0 N–H and O–H groups in total. The number of benzene rings is 2. The van der Waals surface area contributed by atoms with E-state index in [4.69, 9.17) is 11.6 Å². The van der Waals surface area contributed by atoms with Gasteiger partial charge in [0.1, 0.15) is 5.02 Å². The van der Waals surface area contributed by atoms with Gasteiger partial charge in [-0.2, -0.15) is 4.31 Å². The number of halogens is 1. The average Bonchev–Trinajstić information content (AvgIpc) is 3.35. The number of nitro benzene ring substituents is 1. The summed E-state index contributed by atoms with van der Waals surface area (Å²) in [5.74, 6) is -0.366. The van der Waals surface area contributed by atoms with E-state index < -0.39 is 33.2 Å². The minimum atomic E-state index is -4.22. The van der Waals surface area contributed by atoms with Crippen molar-refractivity contribution in [1.29, 1.82) is 0 Å². The Morgan fingerprint density at radius 2 is 1.83 bits per heavy atom. The van der Waals surface area contributed by atoms with Crippen molar-refractivity contribution in [3.8, 4) is 0 Å². The first-order valence-corrected chi connectivity index (χ1v) is 13.6. The van der Waals surface area contributed by atoms with Gasteiger partial charge in [0, 0.05) is 23.5 Å². The zero-order valence-corrected chi connectivity index (χ0v) is 21.7. The Labute approximate surface area is 214 Å². The zero-order chi connectivity index (χ0) is 25.6. The van der Waals surface area contributed by atoms with E-state index in [2.05, 4.69) is 0 Å². The molecule has 1 atom stereocenters. The van der Waals surface area contributed by atoms with Crippen molar-refractivity contribution in [3.05, 3.63) is 91.6 Å². The van der Waals surface area contributed by atoms with Gasteiger partial charge in [-0.05, 0) is 42.5 Å². The molecule has 0 aliphatic heterocycles. The Hall–Kier alpha value is -2.79. The van der Waals surface area contributed by atoms with Crippen molar-refractivity contribution in [3.63, 3.8) is 0 Å². The maximum absolute atomic E-state index is 13.5. The summed E-state index contributed by atoms with van der Waals surface area (Å²) < 4.78 is 28.2. The van der Waals surface area contributed by atoms with Gasteiger partial charge in [0.15, 0.2) is 0 Å². The summed E-state index contributed by atoms with van der Waals surface area (Å²) in [5, 5.41) is 13.1.